The minimum atomic E-state index is 0.722. The van der Waals surface area contributed by atoms with Crippen LogP contribution < -0.4 is 0 Å². The molecule has 0 N–H and O–H groups in total. The lowest BCUT2D eigenvalue weighted by Crippen LogP contribution is -1.85. The Morgan fingerprint density at radius 2 is 2.50 bits per heavy atom. The van der Waals surface area contributed by atoms with E-state index in [-0.39, 0.29) is 0 Å². The summed E-state index contributed by atoms with van der Waals surface area (Å²) in [6.07, 6.45) is 3.41. The fourth-order valence-electron chi connectivity index (χ4n) is 0.958. The highest BCUT2D eigenvalue weighted by Crippen LogP contribution is 2.32. The Hall–Kier alpha value is 0.0500. The zero-order chi connectivity index (χ0) is 7.40. The van der Waals surface area contributed by atoms with E-state index in [1.165, 1.54) is 11.3 Å². The zero-order valence-corrected chi connectivity index (χ0v) is 7.97. The minimum Gasteiger partial charge on any atom is -0.156 e. The Morgan fingerprint density at radius 1 is 1.70 bits per heavy atom. The molecule has 0 saturated carbocycles. The largest absolute Gasteiger partial charge is 0.156 e. The third-order valence-corrected chi connectivity index (χ3v) is 3.81. The van der Waals surface area contributed by atoms with Crippen LogP contribution in [-0.2, 0) is 0 Å². The first kappa shape index (κ1) is 8.15. The van der Waals surface area contributed by atoms with Gasteiger partial charge in [-0.25, -0.2) is 0 Å². The van der Waals surface area contributed by atoms with E-state index in [0.717, 1.165) is 5.25 Å². The van der Waals surface area contributed by atoms with Gasteiger partial charge in [0, 0.05) is 10.1 Å². The monoisotopic (exact) mass is 172 g/mol. The molecule has 1 unspecified atom stereocenters. The molecular weight excluding hydrogens is 160 g/mol. The summed E-state index contributed by atoms with van der Waals surface area (Å²) < 4.78 is 0. The van der Waals surface area contributed by atoms with Gasteiger partial charge in [0.1, 0.15) is 0 Å². The summed E-state index contributed by atoms with van der Waals surface area (Å²) >= 11 is 3.80. The van der Waals surface area contributed by atoms with Crippen molar-refractivity contribution in [3.8, 4) is 0 Å². The summed E-state index contributed by atoms with van der Waals surface area (Å²) in [5, 5.41) is 2.87. The highest BCUT2D eigenvalue weighted by Gasteiger charge is 2.06. The maximum Gasteiger partial charge on any atom is 0.0385 e. The molecule has 0 aromatic carbocycles. The number of hydrogen-bond acceptors (Lipinski definition) is 2. The second-order valence-electron chi connectivity index (χ2n) is 2.15. The summed E-state index contributed by atoms with van der Waals surface area (Å²) in [5.41, 5.74) is 0. The lowest BCUT2D eigenvalue weighted by atomic mass is 10.3. The van der Waals surface area contributed by atoms with Crippen LogP contribution in [0.2, 0.25) is 0 Å². The molecule has 0 nitrogen and oxygen atoms in total. The summed E-state index contributed by atoms with van der Waals surface area (Å²) in [5.74, 6) is 0. The molecule has 10 heavy (non-hydrogen) atoms. The smallest absolute Gasteiger partial charge is 0.0385 e. The first-order valence-corrected chi connectivity index (χ1v) is 5.61. The van der Waals surface area contributed by atoms with Crippen LogP contribution in [0.4, 0.5) is 0 Å². The Labute approximate surface area is 70.7 Å². The van der Waals surface area contributed by atoms with Crippen molar-refractivity contribution in [2.24, 2.45) is 0 Å². The highest BCUT2D eigenvalue weighted by atomic mass is 32.2. The van der Waals surface area contributed by atoms with E-state index in [2.05, 4.69) is 30.7 Å². The van der Waals surface area contributed by atoms with Crippen LogP contribution in [-0.4, -0.2) is 6.26 Å². The van der Waals surface area contributed by atoms with Gasteiger partial charge in [0.25, 0.3) is 0 Å². The molecule has 1 atom stereocenters. The number of hydrogen-bond donors (Lipinski definition) is 0. The predicted octanol–water partition coefficient (Wildman–Crippen LogP) is 3.56. The van der Waals surface area contributed by atoms with Crippen molar-refractivity contribution < 1.29 is 0 Å². The molecule has 0 aliphatic rings. The van der Waals surface area contributed by atoms with E-state index in [0.29, 0.717) is 0 Å². The van der Waals surface area contributed by atoms with E-state index in [1.807, 2.05) is 23.1 Å². The maximum atomic E-state index is 2.24. The van der Waals surface area contributed by atoms with E-state index in [1.54, 1.807) is 0 Å². The highest BCUT2D eigenvalue weighted by molar-refractivity contribution is 7.98. The van der Waals surface area contributed by atoms with E-state index in [4.69, 9.17) is 0 Å². The SMILES string of the molecule is CCC(SC)c1cccs1. The van der Waals surface area contributed by atoms with Gasteiger partial charge < -0.3 is 0 Å². The third-order valence-electron chi connectivity index (χ3n) is 1.52. The van der Waals surface area contributed by atoms with Gasteiger partial charge in [0.2, 0.25) is 0 Å². The van der Waals surface area contributed by atoms with Crippen LogP contribution in [0.25, 0.3) is 0 Å². The molecule has 1 aromatic heterocycles. The van der Waals surface area contributed by atoms with Gasteiger partial charge in [0.15, 0.2) is 0 Å². The van der Waals surface area contributed by atoms with Crippen molar-refractivity contribution in [2.75, 3.05) is 6.26 Å². The summed E-state index contributed by atoms with van der Waals surface area (Å²) in [6, 6.07) is 4.34. The van der Waals surface area contributed by atoms with E-state index in [9.17, 15) is 0 Å². The fraction of sp³-hybridized carbons (Fsp3) is 0.500. The molecule has 0 spiro atoms. The molecule has 1 heterocycles. The average molecular weight is 172 g/mol. The van der Waals surface area contributed by atoms with Gasteiger partial charge in [-0.2, -0.15) is 11.8 Å². The molecule has 1 aromatic rings. The Balaban J connectivity index is 2.64. The van der Waals surface area contributed by atoms with Gasteiger partial charge in [-0.1, -0.05) is 13.0 Å². The third kappa shape index (κ3) is 1.77. The van der Waals surface area contributed by atoms with Crippen molar-refractivity contribution in [3.63, 3.8) is 0 Å². The van der Waals surface area contributed by atoms with Crippen LogP contribution in [0.15, 0.2) is 17.5 Å². The number of rotatable bonds is 3. The van der Waals surface area contributed by atoms with Gasteiger partial charge in [-0.05, 0) is 24.1 Å². The zero-order valence-electron chi connectivity index (χ0n) is 6.33. The number of thioether (sulfide) groups is 1. The molecular formula is C8H12S2. The number of thiophene rings is 1. The van der Waals surface area contributed by atoms with Gasteiger partial charge in [0.05, 0.1) is 0 Å². The van der Waals surface area contributed by atoms with Crippen molar-refractivity contribution in [3.05, 3.63) is 22.4 Å². The molecule has 0 aliphatic carbocycles. The molecule has 0 radical (unpaired) electrons. The second-order valence-corrected chi connectivity index (χ2v) is 4.17. The normalized spacial score (nSPS) is 13.4. The molecule has 0 bridgehead atoms. The van der Waals surface area contributed by atoms with Crippen LogP contribution >= 0.6 is 23.1 Å². The molecule has 2 heteroatoms. The summed E-state index contributed by atoms with van der Waals surface area (Å²) in [7, 11) is 0. The van der Waals surface area contributed by atoms with Crippen molar-refractivity contribution in [1.29, 1.82) is 0 Å². The Kier molecular flexibility index (Phi) is 3.29. The molecule has 0 saturated heterocycles. The second kappa shape index (κ2) is 4.04. The first-order valence-electron chi connectivity index (χ1n) is 3.44. The van der Waals surface area contributed by atoms with Crippen LogP contribution in [0.5, 0.6) is 0 Å². The fourth-order valence-corrected chi connectivity index (χ4v) is 2.85. The van der Waals surface area contributed by atoms with Crippen molar-refractivity contribution in [1.82, 2.24) is 0 Å². The first-order chi connectivity index (χ1) is 4.88. The molecule has 0 fully saturated rings. The standard InChI is InChI=1S/C8H12S2/c1-3-7(9-2)8-5-4-6-10-8/h4-7H,3H2,1-2H3. The summed E-state index contributed by atoms with van der Waals surface area (Å²) in [4.78, 5) is 1.51. The van der Waals surface area contributed by atoms with Crippen LogP contribution in [0.1, 0.15) is 23.5 Å². The van der Waals surface area contributed by atoms with E-state index >= 15 is 0 Å². The van der Waals surface area contributed by atoms with E-state index < -0.39 is 0 Å². The van der Waals surface area contributed by atoms with Crippen LogP contribution in [0, 0.1) is 0 Å². The Bertz CT molecular complexity index is 163. The predicted molar refractivity (Wildman–Crippen MR) is 50.9 cm³/mol. The quantitative estimate of drug-likeness (QED) is 0.671. The van der Waals surface area contributed by atoms with Crippen LogP contribution in [0.3, 0.4) is 0 Å². The lowest BCUT2D eigenvalue weighted by Gasteiger charge is -2.07. The molecule has 0 aliphatic heterocycles. The van der Waals surface area contributed by atoms with Crippen molar-refractivity contribution >= 4 is 23.1 Å². The average Bonchev–Trinajstić information content (AvgIpc) is 2.43. The maximum absolute atomic E-state index is 2.24. The molecule has 0 amide bonds. The van der Waals surface area contributed by atoms with Crippen molar-refractivity contribution in [2.45, 2.75) is 18.6 Å². The lowest BCUT2D eigenvalue weighted by molar-refractivity contribution is 0.916. The minimum absolute atomic E-state index is 0.722. The van der Waals surface area contributed by atoms with Gasteiger partial charge in [-0.15, -0.1) is 11.3 Å². The topological polar surface area (TPSA) is 0 Å². The Morgan fingerprint density at radius 3 is 2.90 bits per heavy atom. The molecule has 56 valence electrons. The van der Waals surface area contributed by atoms with Gasteiger partial charge in [-0.3, -0.25) is 0 Å². The molecule has 1 rings (SSSR count). The summed E-state index contributed by atoms with van der Waals surface area (Å²) in [6.45, 7) is 2.24. The van der Waals surface area contributed by atoms with Gasteiger partial charge >= 0.3 is 0 Å².